The Morgan fingerprint density at radius 3 is 2.43 bits per heavy atom. The van der Waals surface area contributed by atoms with E-state index in [0.717, 1.165) is 11.3 Å². The van der Waals surface area contributed by atoms with Gasteiger partial charge in [-0.25, -0.2) is 4.39 Å². The van der Waals surface area contributed by atoms with Gasteiger partial charge in [0.1, 0.15) is 12.4 Å². The molecule has 6 heteroatoms. The minimum absolute atomic E-state index is 0. The van der Waals surface area contributed by atoms with E-state index in [1.807, 2.05) is 43.3 Å². The van der Waals surface area contributed by atoms with Gasteiger partial charge in [-0.15, -0.1) is 12.4 Å². The van der Waals surface area contributed by atoms with E-state index in [1.165, 1.54) is 6.07 Å². The Morgan fingerprint density at radius 2 is 1.68 bits per heavy atom. The summed E-state index contributed by atoms with van der Waals surface area (Å²) >= 11 is 0. The highest BCUT2D eigenvalue weighted by Crippen LogP contribution is 2.32. The van der Waals surface area contributed by atoms with Crippen LogP contribution in [-0.2, 0) is 19.7 Å². The first-order valence-electron chi connectivity index (χ1n) is 8.99. The summed E-state index contributed by atoms with van der Waals surface area (Å²) in [5, 5.41) is 3.37. The summed E-state index contributed by atoms with van der Waals surface area (Å²) in [5.41, 5.74) is 2.43. The van der Waals surface area contributed by atoms with E-state index in [2.05, 4.69) is 10.3 Å². The minimum atomic E-state index is -0.277. The topological polar surface area (TPSA) is 43.4 Å². The van der Waals surface area contributed by atoms with Gasteiger partial charge in [-0.1, -0.05) is 36.4 Å². The van der Waals surface area contributed by atoms with Crippen molar-refractivity contribution in [3.05, 3.63) is 89.5 Å². The van der Waals surface area contributed by atoms with Gasteiger partial charge in [0.2, 0.25) is 0 Å². The van der Waals surface area contributed by atoms with E-state index in [-0.39, 0.29) is 24.8 Å². The molecule has 0 fully saturated rings. The molecule has 0 saturated heterocycles. The van der Waals surface area contributed by atoms with Crippen molar-refractivity contribution in [1.82, 2.24) is 10.3 Å². The molecule has 2 aromatic carbocycles. The lowest BCUT2D eigenvalue weighted by atomic mass is 10.1. The van der Waals surface area contributed by atoms with Crippen LogP contribution in [0.4, 0.5) is 4.39 Å². The van der Waals surface area contributed by atoms with E-state index >= 15 is 0 Å². The zero-order valence-corrected chi connectivity index (χ0v) is 16.5. The molecular formula is C22H24ClFN2O2. The van der Waals surface area contributed by atoms with Gasteiger partial charge >= 0.3 is 0 Å². The maximum absolute atomic E-state index is 13.9. The average molecular weight is 403 g/mol. The van der Waals surface area contributed by atoms with E-state index in [9.17, 15) is 4.39 Å². The van der Waals surface area contributed by atoms with E-state index in [1.54, 1.807) is 24.4 Å². The number of nitrogens with one attached hydrogen (secondary N) is 1. The van der Waals surface area contributed by atoms with Crippen molar-refractivity contribution in [1.29, 1.82) is 0 Å². The van der Waals surface area contributed by atoms with Gasteiger partial charge in [-0.2, -0.15) is 0 Å². The van der Waals surface area contributed by atoms with Crippen molar-refractivity contribution in [2.45, 2.75) is 26.6 Å². The lowest BCUT2D eigenvalue weighted by Gasteiger charge is -2.16. The molecule has 0 aliphatic heterocycles. The molecule has 0 radical (unpaired) electrons. The number of pyridine rings is 1. The smallest absolute Gasteiger partial charge is 0.166 e. The molecule has 3 rings (SSSR count). The number of halogens is 2. The lowest BCUT2D eigenvalue weighted by molar-refractivity contribution is 0.262. The standard InChI is InChI=1S/C22H23FN2O2.ClH/c1-2-26-21-12-7-9-17(14-24-15-19-10-5-6-13-25-19)22(21)27-16-18-8-3-4-11-20(18)23;/h3-13,24H,2,14-16H2,1H3;1H. The molecule has 1 aromatic heterocycles. The monoisotopic (exact) mass is 402 g/mol. The molecule has 28 heavy (non-hydrogen) atoms. The molecule has 0 aliphatic carbocycles. The molecule has 0 aliphatic rings. The van der Waals surface area contributed by atoms with Crippen molar-refractivity contribution in [3.8, 4) is 11.5 Å². The third-order valence-electron chi connectivity index (χ3n) is 4.04. The SMILES string of the molecule is CCOc1cccc(CNCc2ccccn2)c1OCc1ccccc1F.Cl. The molecule has 148 valence electrons. The Labute approximate surface area is 171 Å². The van der Waals surface area contributed by atoms with Crippen molar-refractivity contribution in [2.75, 3.05) is 6.61 Å². The summed E-state index contributed by atoms with van der Waals surface area (Å²) in [6.07, 6.45) is 1.77. The quantitative estimate of drug-likeness (QED) is 0.552. The highest BCUT2D eigenvalue weighted by molar-refractivity contribution is 5.85. The molecule has 0 saturated carbocycles. The molecule has 4 nitrogen and oxygen atoms in total. The zero-order valence-electron chi connectivity index (χ0n) is 15.7. The van der Waals surface area contributed by atoms with Gasteiger partial charge in [0.15, 0.2) is 11.5 Å². The average Bonchev–Trinajstić information content (AvgIpc) is 2.70. The van der Waals surface area contributed by atoms with E-state index in [0.29, 0.717) is 36.8 Å². The van der Waals surface area contributed by atoms with Crippen LogP contribution < -0.4 is 14.8 Å². The van der Waals surface area contributed by atoms with Gasteiger partial charge in [0, 0.05) is 30.4 Å². The summed E-state index contributed by atoms with van der Waals surface area (Å²) in [6, 6.07) is 18.2. The Morgan fingerprint density at radius 1 is 0.893 bits per heavy atom. The molecule has 0 bridgehead atoms. The van der Waals surface area contributed by atoms with Crippen LogP contribution in [-0.4, -0.2) is 11.6 Å². The Balaban J connectivity index is 0.00000280. The summed E-state index contributed by atoms with van der Waals surface area (Å²) < 4.78 is 25.6. The molecule has 1 N–H and O–H groups in total. The predicted octanol–water partition coefficient (Wildman–Crippen LogP) is 4.91. The van der Waals surface area contributed by atoms with Crippen molar-refractivity contribution >= 4 is 12.4 Å². The lowest BCUT2D eigenvalue weighted by Crippen LogP contribution is -2.15. The summed E-state index contributed by atoms with van der Waals surface area (Å²) in [5.74, 6) is 1.02. The largest absolute Gasteiger partial charge is 0.490 e. The van der Waals surface area contributed by atoms with Gasteiger partial charge in [-0.3, -0.25) is 4.98 Å². The summed E-state index contributed by atoms with van der Waals surface area (Å²) in [4.78, 5) is 4.30. The molecule has 0 spiro atoms. The number of aromatic nitrogens is 1. The van der Waals surface area contributed by atoms with Crippen molar-refractivity contribution < 1.29 is 13.9 Å². The Hall–Kier alpha value is -2.63. The second-order valence-electron chi connectivity index (χ2n) is 5.98. The molecule has 0 atom stereocenters. The number of nitrogens with zero attached hydrogens (tertiary/aromatic N) is 1. The third-order valence-corrected chi connectivity index (χ3v) is 4.04. The van der Waals surface area contributed by atoms with Crippen molar-refractivity contribution in [3.63, 3.8) is 0 Å². The van der Waals surface area contributed by atoms with Gasteiger partial charge in [0.05, 0.1) is 12.3 Å². The van der Waals surface area contributed by atoms with E-state index in [4.69, 9.17) is 9.47 Å². The van der Waals surface area contributed by atoms with Crippen LogP contribution in [0.2, 0.25) is 0 Å². The highest BCUT2D eigenvalue weighted by atomic mass is 35.5. The second kappa shape index (κ2) is 11.3. The van der Waals surface area contributed by atoms with Gasteiger partial charge < -0.3 is 14.8 Å². The number of rotatable bonds is 9. The maximum atomic E-state index is 13.9. The molecule has 0 unspecified atom stereocenters. The van der Waals surface area contributed by atoms with E-state index < -0.39 is 0 Å². The Bertz CT molecular complexity index is 862. The number of benzene rings is 2. The fraction of sp³-hybridized carbons (Fsp3) is 0.227. The minimum Gasteiger partial charge on any atom is -0.490 e. The zero-order chi connectivity index (χ0) is 18.9. The second-order valence-corrected chi connectivity index (χ2v) is 5.98. The maximum Gasteiger partial charge on any atom is 0.166 e. The molecule has 0 amide bonds. The predicted molar refractivity (Wildman–Crippen MR) is 110 cm³/mol. The van der Waals surface area contributed by atoms with Crippen LogP contribution in [0.25, 0.3) is 0 Å². The number of para-hydroxylation sites is 1. The number of hydrogen-bond acceptors (Lipinski definition) is 4. The highest BCUT2D eigenvalue weighted by Gasteiger charge is 2.12. The first-order valence-corrected chi connectivity index (χ1v) is 8.99. The van der Waals surface area contributed by atoms with Crippen LogP contribution in [0.1, 0.15) is 23.7 Å². The van der Waals surface area contributed by atoms with Crippen LogP contribution in [0.5, 0.6) is 11.5 Å². The third kappa shape index (κ3) is 5.94. The summed E-state index contributed by atoms with van der Waals surface area (Å²) in [6.45, 7) is 3.83. The Kier molecular flexibility index (Phi) is 8.72. The fourth-order valence-corrected chi connectivity index (χ4v) is 2.73. The first kappa shape index (κ1) is 21.7. The van der Waals surface area contributed by atoms with Crippen LogP contribution in [0.15, 0.2) is 66.9 Å². The van der Waals surface area contributed by atoms with Gasteiger partial charge in [-0.05, 0) is 31.2 Å². The normalized spacial score (nSPS) is 10.2. The van der Waals surface area contributed by atoms with Gasteiger partial charge in [0.25, 0.3) is 0 Å². The van der Waals surface area contributed by atoms with Crippen LogP contribution in [0.3, 0.4) is 0 Å². The molecule has 3 aromatic rings. The van der Waals surface area contributed by atoms with Crippen LogP contribution >= 0.6 is 12.4 Å². The van der Waals surface area contributed by atoms with Crippen LogP contribution in [0, 0.1) is 5.82 Å². The van der Waals surface area contributed by atoms with Crippen molar-refractivity contribution in [2.24, 2.45) is 0 Å². The fourth-order valence-electron chi connectivity index (χ4n) is 2.73. The number of hydrogen-bond donors (Lipinski definition) is 1. The molecular weight excluding hydrogens is 379 g/mol. The number of ether oxygens (including phenoxy) is 2. The first-order chi connectivity index (χ1) is 13.3. The summed E-state index contributed by atoms with van der Waals surface area (Å²) in [7, 11) is 0. The molecule has 1 heterocycles.